The van der Waals surface area contributed by atoms with Gasteiger partial charge in [0.15, 0.2) is 0 Å². The molecule has 1 aromatic carbocycles. The van der Waals surface area contributed by atoms with Crippen molar-refractivity contribution in [2.75, 3.05) is 24.5 Å². The molecule has 2 nitrogen and oxygen atoms in total. The van der Waals surface area contributed by atoms with Crippen LogP contribution in [0.5, 0.6) is 0 Å². The Morgan fingerprint density at radius 3 is 2.57 bits per heavy atom. The van der Waals surface area contributed by atoms with Crippen LogP contribution in [0.4, 0.5) is 5.69 Å². The number of hydrogen-bond acceptors (Lipinski definition) is 2. The Balaban J connectivity index is 2.03. The summed E-state index contributed by atoms with van der Waals surface area (Å²) in [5.41, 5.74) is 2.98. The van der Waals surface area contributed by atoms with Gasteiger partial charge in [-0.1, -0.05) is 45.9 Å². The van der Waals surface area contributed by atoms with E-state index in [0.29, 0.717) is 12.0 Å². The van der Waals surface area contributed by atoms with Crippen LogP contribution in [-0.2, 0) is 6.42 Å². The molecule has 2 rings (SSSR count). The highest BCUT2D eigenvalue weighted by molar-refractivity contribution is 5.56. The van der Waals surface area contributed by atoms with Gasteiger partial charge in [0, 0.05) is 18.3 Å². The van der Waals surface area contributed by atoms with Crippen LogP contribution in [0.1, 0.15) is 40.2 Å². The molecule has 0 bridgehead atoms. The van der Waals surface area contributed by atoms with Gasteiger partial charge in [0.25, 0.3) is 0 Å². The Kier molecular flexibility index (Phi) is 5.69. The van der Waals surface area contributed by atoms with Crippen LogP contribution in [0.3, 0.4) is 0 Å². The molecule has 0 saturated heterocycles. The van der Waals surface area contributed by atoms with Gasteiger partial charge in [-0.3, -0.25) is 0 Å². The molecule has 1 aliphatic heterocycles. The molecule has 2 heteroatoms. The van der Waals surface area contributed by atoms with Gasteiger partial charge in [-0.25, -0.2) is 0 Å². The summed E-state index contributed by atoms with van der Waals surface area (Å²) in [5, 5.41) is 3.61. The second kappa shape index (κ2) is 7.31. The van der Waals surface area contributed by atoms with E-state index in [4.69, 9.17) is 0 Å². The van der Waals surface area contributed by atoms with Crippen LogP contribution in [0.25, 0.3) is 0 Å². The summed E-state index contributed by atoms with van der Waals surface area (Å²) in [6.45, 7) is 15.1. The average molecular weight is 288 g/mol. The highest BCUT2D eigenvalue weighted by atomic mass is 15.2. The summed E-state index contributed by atoms with van der Waals surface area (Å²) in [4.78, 5) is 2.63. The predicted octanol–water partition coefficient (Wildman–Crippen LogP) is 3.96. The fraction of sp³-hybridized carbons (Fsp3) is 0.684. The van der Waals surface area contributed by atoms with Gasteiger partial charge in [0.1, 0.15) is 0 Å². The molecule has 1 aliphatic rings. The number of fused-ring (bicyclic) bond motifs is 1. The van der Waals surface area contributed by atoms with Crippen molar-refractivity contribution in [3.63, 3.8) is 0 Å². The predicted molar refractivity (Wildman–Crippen MR) is 93.0 cm³/mol. The molecule has 0 spiro atoms. The third kappa shape index (κ3) is 4.23. The van der Waals surface area contributed by atoms with Crippen LogP contribution in [0.2, 0.25) is 0 Å². The number of para-hydroxylation sites is 1. The van der Waals surface area contributed by atoms with Crippen LogP contribution in [0.15, 0.2) is 24.3 Å². The van der Waals surface area contributed by atoms with Crippen LogP contribution in [0, 0.1) is 17.8 Å². The van der Waals surface area contributed by atoms with E-state index >= 15 is 0 Å². The number of anilines is 1. The number of nitrogens with one attached hydrogen (secondary N) is 1. The highest BCUT2D eigenvalue weighted by Gasteiger charge is 2.27. The molecule has 1 N–H and O–H groups in total. The van der Waals surface area contributed by atoms with Gasteiger partial charge in [-0.15, -0.1) is 0 Å². The van der Waals surface area contributed by atoms with E-state index in [1.54, 1.807) is 0 Å². The lowest BCUT2D eigenvalue weighted by atomic mass is 9.90. The molecule has 0 amide bonds. The van der Waals surface area contributed by atoms with Crippen molar-refractivity contribution in [3.05, 3.63) is 29.8 Å². The summed E-state index contributed by atoms with van der Waals surface area (Å²) < 4.78 is 0. The maximum atomic E-state index is 3.61. The minimum atomic E-state index is 0.577. The van der Waals surface area contributed by atoms with Gasteiger partial charge >= 0.3 is 0 Å². The zero-order chi connectivity index (χ0) is 15.4. The van der Waals surface area contributed by atoms with E-state index in [9.17, 15) is 0 Å². The highest BCUT2D eigenvalue weighted by Crippen LogP contribution is 2.32. The van der Waals surface area contributed by atoms with Crippen LogP contribution >= 0.6 is 0 Å². The van der Waals surface area contributed by atoms with Crippen LogP contribution < -0.4 is 10.2 Å². The fourth-order valence-electron chi connectivity index (χ4n) is 3.30. The molecule has 1 heterocycles. The molecular weight excluding hydrogens is 256 g/mol. The molecule has 118 valence electrons. The zero-order valence-corrected chi connectivity index (χ0v) is 14.4. The van der Waals surface area contributed by atoms with E-state index in [1.165, 1.54) is 24.2 Å². The minimum Gasteiger partial charge on any atom is -0.368 e. The van der Waals surface area contributed by atoms with Crippen molar-refractivity contribution in [2.24, 2.45) is 17.8 Å². The zero-order valence-electron chi connectivity index (χ0n) is 14.4. The summed E-state index contributed by atoms with van der Waals surface area (Å²) in [7, 11) is 0. The molecular formula is C19H32N2. The van der Waals surface area contributed by atoms with Gasteiger partial charge in [-0.2, -0.15) is 0 Å². The number of rotatable bonds is 6. The van der Waals surface area contributed by atoms with Gasteiger partial charge in [-0.05, 0) is 55.8 Å². The second-order valence-corrected chi connectivity index (χ2v) is 7.36. The summed E-state index contributed by atoms with van der Waals surface area (Å²) in [6, 6.07) is 9.52. The first kappa shape index (κ1) is 16.4. The Labute approximate surface area is 130 Å². The molecule has 0 fully saturated rings. The molecule has 3 atom stereocenters. The number of hydrogen-bond donors (Lipinski definition) is 1. The van der Waals surface area contributed by atoms with Crippen molar-refractivity contribution in [2.45, 2.75) is 47.1 Å². The van der Waals surface area contributed by atoms with E-state index in [2.05, 4.69) is 69.1 Å². The van der Waals surface area contributed by atoms with Crippen LogP contribution in [-0.4, -0.2) is 25.7 Å². The Hall–Kier alpha value is -1.02. The summed E-state index contributed by atoms with van der Waals surface area (Å²) in [6.07, 6.45) is 1.22. The molecule has 0 radical (unpaired) electrons. The Bertz CT molecular complexity index is 441. The van der Waals surface area contributed by atoms with E-state index in [1.807, 2.05) is 0 Å². The van der Waals surface area contributed by atoms with Crippen molar-refractivity contribution >= 4 is 5.69 Å². The summed E-state index contributed by atoms with van der Waals surface area (Å²) in [5.74, 6) is 2.13. The van der Waals surface area contributed by atoms with Crippen molar-refractivity contribution in [1.82, 2.24) is 5.32 Å². The topological polar surface area (TPSA) is 15.3 Å². The third-order valence-corrected chi connectivity index (χ3v) is 4.71. The van der Waals surface area contributed by atoms with Gasteiger partial charge in [0.2, 0.25) is 0 Å². The van der Waals surface area contributed by atoms with E-state index < -0.39 is 0 Å². The first-order valence-corrected chi connectivity index (χ1v) is 8.54. The molecule has 0 aliphatic carbocycles. The number of benzene rings is 1. The first-order valence-electron chi connectivity index (χ1n) is 8.54. The van der Waals surface area contributed by atoms with E-state index in [0.717, 1.165) is 24.9 Å². The molecule has 21 heavy (non-hydrogen) atoms. The fourth-order valence-corrected chi connectivity index (χ4v) is 3.30. The quantitative estimate of drug-likeness (QED) is 0.852. The Morgan fingerprint density at radius 2 is 1.86 bits per heavy atom. The number of nitrogens with zero attached hydrogens (tertiary/aromatic N) is 1. The molecule has 0 aromatic heterocycles. The first-order chi connectivity index (χ1) is 9.99. The largest absolute Gasteiger partial charge is 0.368 e. The maximum Gasteiger partial charge on any atom is 0.0401 e. The lowest BCUT2D eigenvalue weighted by Gasteiger charge is -2.41. The standard InChI is InChI=1S/C19H32N2/c1-14(2)11-20-12-16(4)17(5)21-13-15(3)10-18-8-6-7-9-19(18)21/h6-9,14-17,20H,10-13H2,1-5H3. The third-order valence-electron chi connectivity index (χ3n) is 4.71. The van der Waals surface area contributed by atoms with E-state index in [-0.39, 0.29) is 0 Å². The van der Waals surface area contributed by atoms with Gasteiger partial charge in [0.05, 0.1) is 0 Å². The normalized spacial score (nSPS) is 21.2. The lowest BCUT2D eigenvalue weighted by Crippen LogP contribution is -2.46. The smallest absolute Gasteiger partial charge is 0.0401 e. The lowest BCUT2D eigenvalue weighted by molar-refractivity contribution is 0.384. The monoisotopic (exact) mass is 288 g/mol. The molecule has 0 saturated carbocycles. The maximum absolute atomic E-state index is 3.61. The van der Waals surface area contributed by atoms with Gasteiger partial charge < -0.3 is 10.2 Å². The van der Waals surface area contributed by atoms with Crippen molar-refractivity contribution in [3.8, 4) is 0 Å². The molecule has 1 aromatic rings. The SMILES string of the molecule is CC(C)CNCC(C)C(C)N1CC(C)Cc2ccccc21. The summed E-state index contributed by atoms with van der Waals surface area (Å²) >= 11 is 0. The van der Waals surface area contributed by atoms with Crippen molar-refractivity contribution < 1.29 is 0 Å². The average Bonchev–Trinajstić information content (AvgIpc) is 2.45. The Morgan fingerprint density at radius 1 is 1.14 bits per heavy atom. The minimum absolute atomic E-state index is 0.577. The second-order valence-electron chi connectivity index (χ2n) is 7.36. The van der Waals surface area contributed by atoms with Crippen molar-refractivity contribution in [1.29, 1.82) is 0 Å². The molecule has 3 unspecified atom stereocenters.